The molecule has 3 heterocycles. The van der Waals surface area contributed by atoms with Crippen LogP contribution >= 0.6 is 0 Å². The number of methoxy groups -OCH3 is 1. The number of benzene rings is 3. The number of urea groups is 1. The van der Waals surface area contributed by atoms with Crippen molar-refractivity contribution < 1.29 is 38.1 Å². The molecule has 3 aromatic rings. The van der Waals surface area contributed by atoms with E-state index < -0.39 is 48.4 Å². The third-order valence-electron chi connectivity index (χ3n) is 8.18. The van der Waals surface area contributed by atoms with Gasteiger partial charge in [0.25, 0.3) is 0 Å². The topological polar surface area (TPSA) is 104 Å². The lowest BCUT2D eigenvalue weighted by atomic mass is 9.95. The third kappa shape index (κ3) is 5.98. The van der Waals surface area contributed by atoms with Crippen LogP contribution in [0.25, 0.3) is 0 Å². The van der Waals surface area contributed by atoms with Crippen LogP contribution < -0.4 is 9.64 Å². The second-order valence-corrected chi connectivity index (χ2v) is 11.7. The molecule has 0 N–H and O–H groups in total. The van der Waals surface area contributed by atoms with Crippen LogP contribution in [0.4, 0.5) is 10.5 Å². The van der Waals surface area contributed by atoms with Gasteiger partial charge in [0.05, 0.1) is 31.9 Å². The van der Waals surface area contributed by atoms with Gasteiger partial charge in [-0.1, -0.05) is 54.6 Å². The van der Waals surface area contributed by atoms with E-state index in [0.717, 1.165) is 16.0 Å². The summed E-state index contributed by atoms with van der Waals surface area (Å²) in [6.45, 7) is 5.55. The Morgan fingerprint density at radius 1 is 0.932 bits per heavy atom. The number of Topliss-reactive ketones (excluding diaryl/α,β-unsaturated/α-hetero) is 1. The highest BCUT2D eigenvalue weighted by atomic mass is 16.8. The molecule has 10 nitrogen and oxygen atoms in total. The van der Waals surface area contributed by atoms with Crippen molar-refractivity contribution in [1.29, 1.82) is 0 Å². The maximum absolute atomic E-state index is 14.3. The molecule has 3 aliphatic heterocycles. The number of carbonyl (C=O) groups is 3. The van der Waals surface area contributed by atoms with Crippen LogP contribution in [0.2, 0.25) is 0 Å². The van der Waals surface area contributed by atoms with Gasteiger partial charge >= 0.3 is 6.03 Å². The zero-order valence-corrected chi connectivity index (χ0v) is 25.2. The van der Waals surface area contributed by atoms with E-state index in [1.807, 2.05) is 68.4 Å². The van der Waals surface area contributed by atoms with Gasteiger partial charge in [0.2, 0.25) is 5.91 Å². The number of amides is 3. The van der Waals surface area contributed by atoms with Crippen LogP contribution in [-0.2, 0) is 36.9 Å². The molecule has 0 saturated carbocycles. The minimum Gasteiger partial charge on any atom is -0.497 e. The minimum atomic E-state index is -0.881. The molecule has 3 amide bonds. The van der Waals surface area contributed by atoms with Gasteiger partial charge in [-0.15, -0.1) is 0 Å². The Morgan fingerprint density at radius 2 is 1.68 bits per heavy atom. The van der Waals surface area contributed by atoms with E-state index in [1.165, 1.54) is 6.92 Å². The van der Waals surface area contributed by atoms with Gasteiger partial charge in [-0.2, -0.15) is 0 Å². The predicted molar refractivity (Wildman–Crippen MR) is 160 cm³/mol. The second-order valence-electron chi connectivity index (χ2n) is 11.7. The first-order valence-electron chi connectivity index (χ1n) is 14.7. The van der Waals surface area contributed by atoms with Crippen LogP contribution in [0.5, 0.6) is 5.75 Å². The second kappa shape index (κ2) is 12.1. The maximum atomic E-state index is 14.3. The maximum Gasteiger partial charge on any atom is 0.332 e. The number of fused-ring (bicyclic) bond motifs is 1. The zero-order chi connectivity index (χ0) is 31.0. The summed E-state index contributed by atoms with van der Waals surface area (Å²) in [4.78, 5) is 43.0. The van der Waals surface area contributed by atoms with Gasteiger partial charge in [0.1, 0.15) is 24.1 Å². The first-order valence-corrected chi connectivity index (χ1v) is 14.7. The molecular formula is C34H36N2O8. The summed E-state index contributed by atoms with van der Waals surface area (Å²) in [7, 11) is 1.59. The molecule has 0 radical (unpaired) electrons. The highest BCUT2D eigenvalue weighted by Crippen LogP contribution is 2.42. The molecular weight excluding hydrogens is 564 g/mol. The van der Waals surface area contributed by atoms with Crippen molar-refractivity contribution in [2.45, 2.75) is 76.8 Å². The summed E-state index contributed by atoms with van der Waals surface area (Å²) in [5, 5.41) is 0. The normalized spacial score (nSPS) is 26.1. The van der Waals surface area contributed by atoms with Crippen molar-refractivity contribution >= 4 is 23.4 Å². The fourth-order valence-corrected chi connectivity index (χ4v) is 6.05. The summed E-state index contributed by atoms with van der Waals surface area (Å²) in [6, 6.07) is 22.5. The van der Waals surface area contributed by atoms with E-state index in [0.29, 0.717) is 17.0 Å². The molecule has 1 unspecified atom stereocenters. The van der Waals surface area contributed by atoms with Gasteiger partial charge < -0.3 is 28.6 Å². The van der Waals surface area contributed by atoms with Gasteiger partial charge in [-0.25, -0.2) is 9.69 Å². The minimum absolute atomic E-state index is 0.0368. The van der Waals surface area contributed by atoms with E-state index in [-0.39, 0.29) is 25.4 Å². The van der Waals surface area contributed by atoms with Crippen molar-refractivity contribution in [3.05, 3.63) is 95.6 Å². The van der Waals surface area contributed by atoms with E-state index in [1.54, 1.807) is 36.3 Å². The lowest BCUT2D eigenvalue weighted by Crippen LogP contribution is -2.62. The number of imide groups is 1. The highest BCUT2D eigenvalue weighted by molar-refractivity contribution is 6.16. The lowest BCUT2D eigenvalue weighted by Gasteiger charge is -2.43. The molecule has 3 saturated heterocycles. The highest BCUT2D eigenvalue weighted by Gasteiger charge is 2.59. The predicted octanol–water partition coefficient (Wildman–Crippen LogP) is 5.09. The molecule has 3 fully saturated rings. The van der Waals surface area contributed by atoms with Crippen LogP contribution in [0.1, 0.15) is 48.7 Å². The smallest absolute Gasteiger partial charge is 0.332 e. The van der Waals surface area contributed by atoms with Crippen molar-refractivity contribution in [2.75, 3.05) is 12.0 Å². The quantitative estimate of drug-likeness (QED) is 0.313. The largest absolute Gasteiger partial charge is 0.497 e. The number of hydrogen-bond donors (Lipinski definition) is 0. The van der Waals surface area contributed by atoms with Crippen molar-refractivity contribution in [2.24, 2.45) is 0 Å². The molecule has 230 valence electrons. The first-order chi connectivity index (χ1) is 21.1. The monoisotopic (exact) mass is 600 g/mol. The summed E-state index contributed by atoms with van der Waals surface area (Å²) >= 11 is 0. The van der Waals surface area contributed by atoms with Gasteiger partial charge in [0, 0.05) is 12.1 Å². The summed E-state index contributed by atoms with van der Waals surface area (Å²) in [5.41, 5.74) is 2.55. The number of carbonyl (C=O) groups excluding carboxylic acids is 3. The van der Waals surface area contributed by atoms with Crippen molar-refractivity contribution in [1.82, 2.24) is 4.90 Å². The Labute approximate surface area is 256 Å². The molecule has 44 heavy (non-hydrogen) atoms. The number of nitrogens with zero attached hydrogens (tertiary/aromatic N) is 2. The van der Waals surface area contributed by atoms with Gasteiger partial charge in [-0.3, -0.25) is 9.59 Å². The Kier molecular flexibility index (Phi) is 8.26. The number of anilines is 1. The Balaban J connectivity index is 1.35. The molecule has 3 aromatic carbocycles. The molecule has 3 aliphatic rings. The number of rotatable bonds is 9. The van der Waals surface area contributed by atoms with Crippen LogP contribution in [0, 0.1) is 0 Å². The van der Waals surface area contributed by atoms with Gasteiger partial charge in [0.15, 0.2) is 17.9 Å². The van der Waals surface area contributed by atoms with E-state index in [9.17, 15) is 14.4 Å². The lowest BCUT2D eigenvalue weighted by molar-refractivity contribution is -0.226. The summed E-state index contributed by atoms with van der Waals surface area (Å²) in [5.74, 6) is -0.764. The molecule has 5 atom stereocenters. The fraction of sp³-hybridized carbons (Fsp3) is 0.382. The summed E-state index contributed by atoms with van der Waals surface area (Å²) < 4.78 is 30.5. The molecule has 0 spiro atoms. The molecule has 0 aromatic heterocycles. The first kappa shape index (κ1) is 30.0. The number of hydrogen-bond acceptors (Lipinski definition) is 8. The summed E-state index contributed by atoms with van der Waals surface area (Å²) in [6.07, 6.45) is -2.67. The Morgan fingerprint density at radius 3 is 2.39 bits per heavy atom. The Bertz CT molecular complexity index is 1530. The van der Waals surface area contributed by atoms with Crippen molar-refractivity contribution in [3.8, 4) is 5.75 Å². The van der Waals surface area contributed by atoms with Crippen LogP contribution in [0.3, 0.4) is 0 Å². The number of ketones is 1. The average Bonchev–Trinajstić information content (AvgIpc) is 3.49. The van der Waals surface area contributed by atoms with Crippen molar-refractivity contribution in [3.63, 3.8) is 0 Å². The van der Waals surface area contributed by atoms with Gasteiger partial charge in [-0.05, 0) is 56.2 Å². The van der Waals surface area contributed by atoms with Crippen LogP contribution in [0.15, 0.2) is 78.9 Å². The molecule has 6 rings (SSSR count). The molecule has 0 bridgehead atoms. The average molecular weight is 601 g/mol. The van der Waals surface area contributed by atoms with Crippen LogP contribution in [-0.4, -0.2) is 66.2 Å². The fourth-order valence-electron chi connectivity index (χ4n) is 6.05. The standard InChI is InChI=1S/C34H36N2O8/c1-21(37)24-11-8-12-25(17-24)36-28(38)18-27(35(33(36)39)19-22-13-15-26(40-4)16-14-22)29-30(41-20-23-9-6-5-7-10-23)31-32(42-29)44-34(2,3)43-31/h5-17,27,29-32H,18-20H2,1-4H3/t27?,29-,30+,31-,32-/m1/s1. The van der Waals surface area contributed by atoms with E-state index in [4.69, 9.17) is 23.7 Å². The SMILES string of the molecule is COc1ccc(CN2C(=O)N(c3cccc(C(C)=O)c3)C(=O)CC2[C@H]2O[C@@H]3OC(C)(C)O[C@@H]3[C@H]2OCc2ccccc2)cc1. The van der Waals surface area contributed by atoms with E-state index >= 15 is 0 Å². The third-order valence-corrected chi connectivity index (χ3v) is 8.18. The molecule has 0 aliphatic carbocycles. The van der Waals surface area contributed by atoms with E-state index in [2.05, 4.69) is 0 Å². The Hall–Kier alpha value is -4.09. The zero-order valence-electron chi connectivity index (χ0n) is 25.2. The molecule has 10 heteroatoms. The number of ether oxygens (including phenoxy) is 5.